The van der Waals surface area contributed by atoms with E-state index in [1.165, 1.54) is 12.8 Å². The zero-order valence-electron chi connectivity index (χ0n) is 7.70. The zero-order chi connectivity index (χ0) is 9.26. The minimum Gasteiger partial charge on any atom is -0.241 e. The van der Waals surface area contributed by atoms with E-state index in [9.17, 15) is 0 Å². The van der Waals surface area contributed by atoms with Gasteiger partial charge in [-0.05, 0) is 31.2 Å². The Labute approximate surface area is 83.4 Å². The summed E-state index contributed by atoms with van der Waals surface area (Å²) in [6.07, 6.45) is 7.06. The second kappa shape index (κ2) is 3.62. The van der Waals surface area contributed by atoms with Crippen molar-refractivity contribution < 1.29 is 0 Å². The predicted molar refractivity (Wildman–Crippen MR) is 52.8 cm³/mol. The van der Waals surface area contributed by atoms with Crippen LogP contribution in [0.25, 0.3) is 0 Å². The third kappa shape index (κ3) is 2.41. The van der Waals surface area contributed by atoms with Gasteiger partial charge in [-0.1, -0.05) is 0 Å². The standard InChI is InChI=1S/C10H13ClN2/c1-7-5-12-10(13-6-7)4-9(11)8-2-3-8/h5-6,8-9H,2-4H2,1H3. The second-order valence-electron chi connectivity index (χ2n) is 3.73. The number of halogens is 1. The first-order chi connectivity index (χ1) is 6.25. The molecular formula is C10H13ClN2. The molecule has 1 aromatic heterocycles. The molecule has 1 saturated carbocycles. The van der Waals surface area contributed by atoms with Crippen LogP contribution in [0, 0.1) is 12.8 Å². The minimum absolute atomic E-state index is 0.239. The van der Waals surface area contributed by atoms with Crippen LogP contribution in [0.2, 0.25) is 0 Å². The molecule has 0 radical (unpaired) electrons. The molecule has 1 aliphatic rings. The largest absolute Gasteiger partial charge is 0.241 e. The van der Waals surface area contributed by atoms with Crippen LogP contribution >= 0.6 is 11.6 Å². The van der Waals surface area contributed by atoms with E-state index >= 15 is 0 Å². The van der Waals surface area contributed by atoms with Crippen LogP contribution in [0.3, 0.4) is 0 Å². The molecule has 0 bridgehead atoms. The van der Waals surface area contributed by atoms with Gasteiger partial charge in [-0.25, -0.2) is 9.97 Å². The van der Waals surface area contributed by atoms with Gasteiger partial charge in [0.25, 0.3) is 0 Å². The Hall–Kier alpha value is -0.630. The van der Waals surface area contributed by atoms with Gasteiger partial charge in [0, 0.05) is 24.2 Å². The van der Waals surface area contributed by atoms with Crippen LogP contribution < -0.4 is 0 Å². The van der Waals surface area contributed by atoms with Gasteiger partial charge >= 0.3 is 0 Å². The van der Waals surface area contributed by atoms with Gasteiger partial charge in [-0.15, -0.1) is 11.6 Å². The third-order valence-electron chi connectivity index (χ3n) is 2.35. The maximum atomic E-state index is 6.17. The normalized spacial score (nSPS) is 18.6. The van der Waals surface area contributed by atoms with E-state index in [4.69, 9.17) is 11.6 Å². The third-order valence-corrected chi connectivity index (χ3v) is 2.86. The SMILES string of the molecule is Cc1cnc(CC(Cl)C2CC2)nc1. The fourth-order valence-electron chi connectivity index (χ4n) is 1.32. The lowest BCUT2D eigenvalue weighted by atomic mass is 10.2. The first kappa shape index (κ1) is 8.95. The van der Waals surface area contributed by atoms with Crippen molar-refractivity contribution in [2.24, 2.45) is 5.92 Å². The highest BCUT2D eigenvalue weighted by Gasteiger charge is 2.30. The molecule has 1 atom stereocenters. The molecule has 1 heterocycles. The summed E-state index contributed by atoms with van der Waals surface area (Å²) >= 11 is 6.17. The van der Waals surface area contributed by atoms with E-state index in [1.807, 2.05) is 19.3 Å². The van der Waals surface area contributed by atoms with E-state index in [0.717, 1.165) is 17.8 Å². The molecule has 1 aliphatic carbocycles. The van der Waals surface area contributed by atoms with Gasteiger partial charge in [0.05, 0.1) is 0 Å². The highest BCUT2D eigenvalue weighted by atomic mass is 35.5. The van der Waals surface area contributed by atoms with E-state index in [1.54, 1.807) is 0 Å². The number of alkyl halides is 1. The number of hydrogen-bond acceptors (Lipinski definition) is 2. The molecule has 1 unspecified atom stereocenters. The van der Waals surface area contributed by atoms with Crippen LogP contribution in [0.5, 0.6) is 0 Å². The van der Waals surface area contributed by atoms with Gasteiger partial charge < -0.3 is 0 Å². The molecule has 0 spiro atoms. The Kier molecular flexibility index (Phi) is 2.49. The van der Waals surface area contributed by atoms with Gasteiger partial charge in [-0.3, -0.25) is 0 Å². The van der Waals surface area contributed by atoms with Gasteiger partial charge in [0.15, 0.2) is 0 Å². The quantitative estimate of drug-likeness (QED) is 0.694. The Balaban J connectivity index is 1.96. The summed E-state index contributed by atoms with van der Waals surface area (Å²) in [7, 11) is 0. The summed E-state index contributed by atoms with van der Waals surface area (Å²) in [5.41, 5.74) is 1.10. The maximum Gasteiger partial charge on any atom is 0.129 e. The van der Waals surface area contributed by atoms with E-state index in [-0.39, 0.29) is 5.38 Å². The zero-order valence-corrected chi connectivity index (χ0v) is 8.46. The van der Waals surface area contributed by atoms with Crippen molar-refractivity contribution in [2.75, 3.05) is 0 Å². The van der Waals surface area contributed by atoms with Crippen LogP contribution in [0.4, 0.5) is 0 Å². The summed E-state index contributed by atoms with van der Waals surface area (Å²) in [5, 5.41) is 0.239. The molecule has 0 saturated heterocycles. The molecule has 2 nitrogen and oxygen atoms in total. The van der Waals surface area contributed by atoms with Crippen LogP contribution in [-0.4, -0.2) is 15.3 Å². The van der Waals surface area contributed by atoms with Gasteiger partial charge in [0.1, 0.15) is 5.82 Å². The number of aryl methyl sites for hydroxylation is 1. The molecule has 1 aromatic rings. The Morgan fingerprint density at radius 2 is 2.08 bits per heavy atom. The molecule has 0 aliphatic heterocycles. The number of rotatable bonds is 3. The van der Waals surface area contributed by atoms with Crippen molar-refractivity contribution in [3.8, 4) is 0 Å². The van der Waals surface area contributed by atoms with Gasteiger partial charge in [-0.2, -0.15) is 0 Å². The topological polar surface area (TPSA) is 25.8 Å². The molecule has 0 amide bonds. The maximum absolute atomic E-state index is 6.17. The summed E-state index contributed by atoms with van der Waals surface area (Å²) in [5.74, 6) is 1.59. The smallest absolute Gasteiger partial charge is 0.129 e. The molecule has 0 N–H and O–H groups in total. The van der Waals surface area contributed by atoms with E-state index < -0.39 is 0 Å². The van der Waals surface area contributed by atoms with Crippen molar-refractivity contribution in [3.05, 3.63) is 23.8 Å². The molecular weight excluding hydrogens is 184 g/mol. The van der Waals surface area contributed by atoms with Crippen molar-refractivity contribution in [1.29, 1.82) is 0 Å². The predicted octanol–water partition coefficient (Wildman–Crippen LogP) is 2.34. The van der Waals surface area contributed by atoms with Crippen molar-refractivity contribution in [1.82, 2.24) is 9.97 Å². The van der Waals surface area contributed by atoms with Crippen LogP contribution in [-0.2, 0) is 6.42 Å². The minimum atomic E-state index is 0.239. The Morgan fingerprint density at radius 1 is 1.46 bits per heavy atom. The molecule has 0 aromatic carbocycles. The van der Waals surface area contributed by atoms with Crippen molar-refractivity contribution >= 4 is 11.6 Å². The first-order valence-electron chi connectivity index (χ1n) is 4.67. The van der Waals surface area contributed by atoms with Crippen LogP contribution in [0.15, 0.2) is 12.4 Å². The lowest BCUT2D eigenvalue weighted by molar-refractivity contribution is 0.706. The average molecular weight is 197 g/mol. The molecule has 2 rings (SSSR count). The van der Waals surface area contributed by atoms with Crippen molar-refractivity contribution in [2.45, 2.75) is 31.6 Å². The monoisotopic (exact) mass is 196 g/mol. The molecule has 13 heavy (non-hydrogen) atoms. The number of aromatic nitrogens is 2. The molecule has 3 heteroatoms. The highest BCUT2D eigenvalue weighted by molar-refractivity contribution is 6.21. The van der Waals surface area contributed by atoms with E-state index in [0.29, 0.717) is 5.92 Å². The molecule has 1 fully saturated rings. The first-order valence-corrected chi connectivity index (χ1v) is 5.11. The fourth-order valence-corrected chi connectivity index (χ4v) is 1.71. The van der Waals surface area contributed by atoms with Crippen molar-refractivity contribution in [3.63, 3.8) is 0 Å². The Morgan fingerprint density at radius 3 is 2.62 bits per heavy atom. The Bertz CT molecular complexity index is 279. The number of hydrogen-bond donors (Lipinski definition) is 0. The number of nitrogens with zero attached hydrogens (tertiary/aromatic N) is 2. The summed E-state index contributed by atoms with van der Waals surface area (Å²) in [6.45, 7) is 1.99. The second-order valence-corrected chi connectivity index (χ2v) is 4.29. The lowest BCUT2D eigenvalue weighted by Gasteiger charge is -2.05. The summed E-state index contributed by atoms with van der Waals surface area (Å²) in [6, 6.07) is 0. The highest BCUT2D eigenvalue weighted by Crippen LogP contribution is 2.36. The lowest BCUT2D eigenvalue weighted by Crippen LogP contribution is -2.08. The summed E-state index contributed by atoms with van der Waals surface area (Å²) < 4.78 is 0. The fraction of sp³-hybridized carbons (Fsp3) is 0.600. The van der Waals surface area contributed by atoms with Crippen LogP contribution in [0.1, 0.15) is 24.2 Å². The summed E-state index contributed by atoms with van der Waals surface area (Å²) in [4.78, 5) is 8.47. The van der Waals surface area contributed by atoms with E-state index in [2.05, 4.69) is 9.97 Å². The van der Waals surface area contributed by atoms with Gasteiger partial charge in [0.2, 0.25) is 0 Å². The molecule has 70 valence electrons. The average Bonchev–Trinajstić information content (AvgIpc) is 2.91.